The molecule has 0 bridgehead atoms. The van der Waals surface area contributed by atoms with Gasteiger partial charge in [-0.3, -0.25) is 19.7 Å². The fourth-order valence-corrected chi connectivity index (χ4v) is 3.75. The van der Waals surface area contributed by atoms with E-state index in [1.165, 1.54) is 42.8 Å². The molecule has 0 fully saturated rings. The number of carbonyl (C=O) groups excluding carboxylic acids is 2. The van der Waals surface area contributed by atoms with E-state index < -0.39 is 23.0 Å². The first-order valence-corrected chi connectivity index (χ1v) is 11.2. The Balaban J connectivity index is 1.64. The summed E-state index contributed by atoms with van der Waals surface area (Å²) in [5.74, 6) is -0.721. The molecule has 192 valence electrons. The van der Waals surface area contributed by atoms with Crippen LogP contribution < -0.4 is 5.32 Å². The van der Waals surface area contributed by atoms with Crippen molar-refractivity contribution >= 4 is 29.2 Å². The third-order valence-electron chi connectivity index (χ3n) is 5.51. The molecule has 15 nitrogen and oxygen atoms in total. The maximum absolute atomic E-state index is 12.6. The number of benzene rings is 2. The number of nitrogens with one attached hydrogen (secondary N) is 1. The number of aromatic nitrogens is 5. The molecule has 1 aliphatic rings. The molecule has 1 aliphatic heterocycles. The Morgan fingerprint density at radius 2 is 1.71 bits per heavy atom. The maximum Gasteiger partial charge on any atom is 0.269 e. The van der Waals surface area contributed by atoms with E-state index in [0.29, 0.717) is 11.1 Å². The van der Waals surface area contributed by atoms with Gasteiger partial charge in [0, 0.05) is 37.1 Å². The van der Waals surface area contributed by atoms with Gasteiger partial charge in [0.2, 0.25) is 35.6 Å². The summed E-state index contributed by atoms with van der Waals surface area (Å²) in [6.07, 6.45) is -1.13. The summed E-state index contributed by atoms with van der Waals surface area (Å²) in [5.41, 5.74) is 2.36. The number of hydrazone groups is 1. The van der Waals surface area contributed by atoms with Gasteiger partial charge in [-0.1, -0.05) is 22.9 Å². The molecule has 4 aromatic rings. The van der Waals surface area contributed by atoms with E-state index >= 15 is 0 Å². The first kappa shape index (κ1) is 24.2. The van der Waals surface area contributed by atoms with Gasteiger partial charge in [0.05, 0.1) is 4.92 Å². The SMILES string of the molecule is CC(=O)Nc1nonc1-n1nnc(C2OC(c3ccc(C)cc3)=NN2C(C)=O)c1-c1ccc([N+](=O)[O-])cc1. The first-order valence-electron chi connectivity index (χ1n) is 11.2. The molecule has 15 heteroatoms. The minimum atomic E-state index is -1.13. The van der Waals surface area contributed by atoms with E-state index in [1.807, 2.05) is 31.2 Å². The highest BCUT2D eigenvalue weighted by molar-refractivity contribution is 5.96. The molecule has 1 unspecified atom stereocenters. The number of carbonyl (C=O) groups is 2. The smallest absolute Gasteiger partial charge is 0.269 e. The highest BCUT2D eigenvalue weighted by Crippen LogP contribution is 2.37. The minimum Gasteiger partial charge on any atom is -0.444 e. The molecule has 3 heterocycles. The van der Waals surface area contributed by atoms with Crippen LogP contribution >= 0.6 is 0 Å². The van der Waals surface area contributed by atoms with E-state index in [-0.39, 0.29) is 34.6 Å². The molecule has 2 aromatic carbocycles. The second kappa shape index (κ2) is 9.53. The molecule has 2 amide bonds. The van der Waals surface area contributed by atoms with Crippen molar-refractivity contribution in [1.82, 2.24) is 30.3 Å². The molecule has 0 radical (unpaired) electrons. The first-order chi connectivity index (χ1) is 18.2. The van der Waals surface area contributed by atoms with E-state index in [0.717, 1.165) is 10.6 Å². The van der Waals surface area contributed by atoms with Crippen molar-refractivity contribution in [1.29, 1.82) is 0 Å². The number of aryl methyl sites for hydroxylation is 1. The monoisotopic (exact) mass is 517 g/mol. The van der Waals surface area contributed by atoms with Gasteiger partial charge in [-0.25, -0.2) is 4.63 Å². The fourth-order valence-electron chi connectivity index (χ4n) is 3.75. The van der Waals surface area contributed by atoms with Gasteiger partial charge in [-0.15, -0.1) is 10.2 Å². The maximum atomic E-state index is 12.6. The molecule has 1 atom stereocenters. The number of amides is 2. The zero-order valence-corrected chi connectivity index (χ0v) is 20.2. The molecular weight excluding hydrogens is 498 g/mol. The second-order valence-corrected chi connectivity index (χ2v) is 8.26. The van der Waals surface area contributed by atoms with Crippen molar-refractivity contribution in [2.45, 2.75) is 27.0 Å². The standard InChI is InChI=1S/C23H19N9O6/c1-12-4-6-16(7-5-12)22-26-30(14(3)34)23(37-22)18-19(15-8-10-17(11-9-15)32(35)36)31(29-25-18)21-20(24-13(2)33)27-38-28-21/h4-11,23H,1-3H3,(H,24,27,33). The molecule has 2 aromatic heterocycles. The largest absolute Gasteiger partial charge is 0.444 e. The minimum absolute atomic E-state index is 0.0145. The molecule has 1 N–H and O–H groups in total. The lowest BCUT2D eigenvalue weighted by Gasteiger charge is -2.18. The highest BCUT2D eigenvalue weighted by atomic mass is 16.6. The van der Waals surface area contributed by atoms with Crippen molar-refractivity contribution in [2.24, 2.45) is 5.10 Å². The Labute approximate surface area is 213 Å². The molecular formula is C23H19N9O6. The Hall–Kier alpha value is -5.47. The van der Waals surface area contributed by atoms with Gasteiger partial charge in [-0.05, 0) is 41.5 Å². The summed E-state index contributed by atoms with van der Waals surface area (Å²) < 4.78 is 12.1. The van der Waals surface area contributed by atoms with Crippen molar-refractivity contribution < 1.29 is 23.9 Å². The summed E-state index contributed by atoms with van der Waals surface area (Å²) in [5, 5.41) is 35.1. The van der Waals surface area contributed by atoms with Gasteiger partial charge >= 0.3 is 0 Å². The zero-order chi connectivity index (χ0) is 27.0. The Kier molecular flexibility index (Phi) is 6.08. The number of nitro groups is 1. The molecule has 0 aliphatic carbocycles. The van der Waals surface area contributed by atoms with Crippen LogP contribution in [0.15, 0.2) is 58.3 Å². The predicted molar refractivity (Wildman–Crippen MR) is 130 cm³/mol. The molecule has 0 saturated carbocycles. The quantitative estimate of drug-likeness (QED) is 0.295. The summed E-state index contributed by atoms with van der Waals surface area (Å²) in [7, 11) is 0. The lowest BCUT2D eigenvalue weighted by molar-refractivity contribution is -0.384. The van der Waals surface area contributed by atoms with Crippen molar-refractivity contribution in [3.05, 3.63) is 75.5 Å². The van der Waals surface area contributed by atoms with Gasteiger partial charge in [0.15, 0.2) is 5.69 Å². The molecule has 5 rings (SSSR count). The number of non-ortho nitro benzene ring substituents is 1. The van der Waals surface area contributed by atoms with E-state index in [9.17, 15) is 19.7 Å². The van der Waals surface area contributed by atoms with Gasteiger partial charge in [0.1, 0.15) is 5.69 Å². The van der Waals surface area contributed by atoms with E-state index in [4.69, 9.17) is 9.37 Å². The number of ether oxygens (including phenoxy) is 1. The number of hydrogen-bond acceptors (Lipinski definition) is 11. The molecule has 0 spiro atoms. The Morgan fingerprint density at radius 3 is 2.34 bits per heavy atom. The third kappa shape index (κ3) is 4.43. The highest BCUT2D eigenvalue weighted by Gasteiger charge is 2.39. The number of anilines is 1. The van der Waals surface area contributed by atoms with Crippen LogP contribution in [0.25, 0.3) is 17.1 Å². The van der Waals surface area contributed by atoms with E-state index in [2.05, 4.69) is 31.0 Å². The predicted octanol–water partition coefficient (Wildman–Crippen LogP) is 2.73. The average Bonchev–Trinajstić information content (AvgIpc) is 3.62. The van der Waals surface area contributed by atoms with Crippen molar-refractivity contribution in [3.63, 3.8) is 0 Å². The zero-order valence-electron chi connectivity index (χ0n) is 20.2. The lowest BCUT2D eigenvalue weighted by Crippen LogP contribution is -2.26. The van der Waals surface area contributed by atoms with Crippen LogP contribution in [0.2, 0.25) is 0 Å². The normalized spacial score (nSPS) is 14.7. The van der Waals surface area contributed by atoms with Crippen LogP contribution in [0.1, 0.15) is 36.9 Å². The van der Waals surface area contributed by atoms with E-state index in [1.54, 1.807) is 0 Å². The van der Waals surface area contributed by atoms with Crippen LogP contribution in [0.4, 0.5) is 11.5 Å². The van der Waals surface area contributed by atoms with Gasteiger partial charge in [-0.2, -0.15) is 9.69 Å². The Bertz CT molecular complexity index is 1570. The van der Waals surface area contributed by atoms with Gasteiger partial charge in [0.25, 0.3) is 5.69 Å². The van der Waals surface area contributed by atoms with Gasteiger partial charge < -0.3 is 10.1 Å². The molecule has 0 saturated heterocycles. The number of nitrogens with zero attached hydrogens (tertiary/aromatic N) is 8. The lowest BCUT2D eigenvalue weighted by atomic mass is 10.1. The third-order valence-corrected chi connectivity index (χ3v) is 5.51. The van der Waals surface area contributed by atoms with Crippen molar-refractivity contribution in [2.75, 3.05) is 5.32 Å². The summed E-state index contributed by atoms with van der Waals surface area (Å²) in [6, 6.07) is 13.0. The van der Waals surface area contributed by atoms with Crippen LogP contribution in [0.5, 0.6) is 0 Å². The average molecular weight is 517 g/mol. The van der Waals surface area contributed by atoms with Crippen LogP contribution in [-0.2, 0) is 14.3 Å². The topological polar surface area (TPSA) is 184 Å². The number of hydrogen-bond donors (Lipinski definition) is 1. The summed E-state index contributed by atoms with van der Waals surface area (Å²) in [4.78, 5) is 34.9. The Morgan fingerprint density at radius 1 is 1.03 bits per heavy atom. The second-order valence-electron chi connectivity index (χ2n) is 8.26. The fraction of sp³-hybridized carbons (Fsp3) is 0.174. The number of nitro benzene ring substituents is 1. The van der Waals surface area contributed by atoms with Crippen LogP contribution in [0, 0.1) is 17.0 Å². The summed E-state index contributed by atoms with van der Waals surface area (Å²) >= 11 is 0. The molecule has 38 heavy (non-hydrogen) atoms. The van der Waals surface area contributed by atoms with Crippen LogP contribution in [-0.4, -0.2) is 53.0 Å². The summed E-state index contributed by atoms with van der Waals surface area (Å²) in [6.45, 7) is 4.54. The number of rotatable bonds is 6. The van der Waals surface area contributed by atoms with Crippen LogP contribution in [0.3, 0.4) is 0 Å². The van der Waals surface area contributed by atoms with Crippen molar-refractivity contribution in [3.8, 4) is 17.1 Å².